The predicted molar refractivity (Wildman–Crippen MR) is 61.1 cm³/mol. The molecule has 0 bridgehead atoms. The van der Waals surface area contributed by atoms with Gasteiger partial charge in [0.2, 0.25) is 0 Å². The molecule has 0 heterocycles. The van der Waals surface area contributed by atoms with Crippen LogP contribution in [0.3, 0.4) is 0 Å². The largest absolute Gasteiger partial charge is 0.395 e. The van der Waals surface area contributed by atoms with Gasteiger partial charge < -0.3 is 10.4 Å². The van der Waals surface area contributed by atoms with E-state index in [4.69, 9.17) is 5.11 Å². The molecule has 0 spiro atoms. The number of benzene rings is 1. The van der Waals surface area contributed by atoms with Crippen molar-refractivity contribution >= 4 is 5.69 Å². The summed E-state index contributed by atoms with van der Waals surface area (Å²) < 4.78 is 13.1. The molecule has 0 aliphatic heterocycles. The van der Waals surface area contributed by atoms with Crippen LogP contribution in [-0.4, -0.2) is 22.7 Å². The average Bonchev–Trinajstić information content (AvgIpc) is 2.29. The van der Waals surface area contributed by atoms with E-state index >= 15 is 0 Å². The summed E-state index contributed by atoms with van der Waals surface area (Å²) in [4.78, 5) is 9.91. The molecular weight excluding hydrogens is 227 g/mol. The van der Waals surface area contributed by atoms with E-state index in [1.54, 1.807) is 0 Å². The molecule has 1 aromatic rings. The molecule has 5 nitrogen and oxygen atoms in total. The van der Waals surface area contributed by atoms with E-state index in [1.165, 1.54) is 12.1 Å². The number of nitro benzene ring substituents is 1. The minimum atomic E-state index is -0.631. The normalized spacial score (nSPS) is 12.4. The number of halogens is 1. The van der Waals surface area contributed by atoms with Crippen LogP contribution in [0, 0.1) is 15.9 Å². The standard InChI is InChI=1S/C11H15FN2O3/c1-2-10(7-15)13-6-8-3-9(12)5-11(4-8)14(16)17/h3-5,10,13,15H,2,6-7H2,1H3. The highest BCUT2D eigenvalue weighted by atomic mass is 19.1. The molecule has 0 aromatic heterocycles. The quantitative estimate of drug-likeness (QED) is 0.586. The topological polar surface area (TPSA) is 75.4 Å². The molecular formula is C11H15FN2O3. The predicted octanol–water partition coefficient (Wildman–Crippen LogP) is 1.59. The van der Waals surface area contributed by atoms with Gasteiger partial charge in [-0.25, -0.2) is 4.39 Å². The van der Waals surface area contributed by atoms with Gasteiger partial charge in [0.05, 0.1) is 17.6 Å². The molecule has 94 valence electrons. The number of hydrogen-bond donors (Lipinski definition) is 2. The van der Waals surface area contributed by atoms with Gasteiger partial charge in [-0.2, -0.15) is 0 Å². The fourth-order valence-corrected chi connectivity index (χ4v) is 1.44. The number of non-ortho nitro benzene ring substituents is 1. The minimum Gasteiger partial charge on any atom is -0.395 e. The van der Waals surface area contributed by atoms with Crippen molar-refractivity contribution in [1.82, 2.24) is 5.32 Å². The molecule has 0 saturated carbocycles. The third kappa shape index (κ3) is 4.08. The molecule has 1 rings (SSSR count). The lowest BCUT2D eigenvalue weighted by atomic mass is 10.1. The van der Waals surface area contributed by atoms with Gasteiger partial charge in [0, 0.05) is 18.7 Å². The van der Waals surface area contributed by atoms with Gasteiger partial charge in [0.1, 0.15) is 5.82 Å². The summed E-state index contributed by atoms with van der Waals surface area (Å²) in [6, 6.07) is 3.36. The van der Waals surface area contributed by atoms with Crippen molar-refractivity contribution in [3.63, 3.8) is 0 Å². The van der Waals surface area contributed by atoms with Crippen molar-refractivity contribution in [2.75, 3.05) is 6.61 Å². The number of aliphatic hydroxyl groups is 1. The highest BCUT2D eigenvalue weighted by Gasteiger charge is 2.10. The summed E-state index contributed by atoms with van der Waals surface area (Å²) in [6.45, 7) is 2.17. The molecule has 0 saturated heterocycles. The zero-order valence-corrected chi connectivity index (χ0v) is 9.52. The number of nitro groups is 1. The van der Waals surface area contributed by atoms with Gasteiger partial charge in [0.25, 0.3) is 5.69 Å². The number of nitrogens with zero attached hydrogens (tertiary/aromatic N) is 1. The zero-order valence-electron chi connectivity index (χ0n) is 9.52. The van der Waals surface area contributed by atoms with E-state index in [9.17, 15) is 14.5 Å². The number of nitrogens with one attached hydrogen (secondary N) is 1. The van der Waals surface area contributed by atoms with Crippen molar-refractivity contribution in [3.05, 3.63) is 39.7 Å². The first-order chi connectivity index (χ1) is 8.06. The van der Waals surface area contributed by atoms with Crippen molar-refractivity contribution < 1.29 is 14.4 Å². The molecule has 0 fully saturated rings. The molecule has 0 radical (unpaired) electrons. The number of hydrogen-bond acceptors (Lipinski definition) is 4. The summed E-state index contributed by atoms with van der Waals surface area (Å²) in [7, 11) is 0. The third-order valence-corrected chi connectivity index (χ3v) is 2.46. The van der Waals surface area contributed by atoms with Crippen LogP contribution in [0.2, 0.25) is 0 Å². The van der Waals surface area contributed by atoms with E-state index < -0.39 is 10.7 Å². The Hall–Kier alpha value is -1.53. The second-order valence-electron chi connectivity index (χ2n) is 3.74. The van der Waals surface area contributed by atoms with Gasteiger partial charge in [-0.15, -0.1) is 0 Å². The summed E-state index contributed by atoms with van der Waals surface area (Å²) in [5.74, 6) is -0.631. The van der Waals surface area contributed by atoms with Crippen LogP contribution in [0.4, 0.5) is 10.1 Å². The van der Waals surface area contributed by atoms with E-state index in [-0.39, 0.29) is 24.9 Å². The zero-order chi connectivity index (χ0) is 12.8. The lowest BCUT2D eigenvalue weighted by molar-refractivity contribution is -0.385. The summed E-state index contributed by atoms with van der Waals surface area (Å²) >= 11 is 0. The molecule has 17 heavy (non-hydrogen) atoms. The smallest absolute Gasteiger partial charge is 0.272 e. The van der Waals surface area contributed by atoms with Crippen LogP contribution >= 0.6 is 0 Å². The SMILES string of the molecule is CCC(CO)NCc1cc(F)cc([N+](=O)[O-])c1. The Morgan fingerprint density at radius 1 is 1.53 bits per heavy atom. The number of rotatable bonds is 6. The van der Waals surface area contributed by atoms with Gasteiger partial charge in [-0.3, -0.25) is 10.1 Å². The molecule has 0 amide bonds. The van der Waals surface area contributed by atoms with Crippen LogP contribution in [0.1, 0.15) is 18.9 Å². The Labute approximate surface area is 98.4 Å². The molecule has 0 aliphatic carbocycles. The Bertz CT molecular complexity index is 394. The van der Waals surface area contributed by atoms with Gasteiger partial charge >= 0.3 is 0 Å². The van der Waals surface area contributed by atoms with Crippen molar-refractivity contribution in [2.24, 2.45) is 0 Å². The van der Waals surface area contributed by atoms with Crippen molar-refractivity contribution in [1.29, 1.82) is 0 Å². The van der Waals surface area contributed by atoms with Crippen LogP contribution in [-0.2, 0) is 6.54 Å². The maximum Gasteiger partial charge on any atom is 0.272 e. The molecule has 1 aromatic carbocycles. The van der Waals surface area contributed by atoms with Crippen molar-refractivity contribution in [3.8, 4) is 0 Å². The highest BCUT2D eigenvalue weighted by Crippen LogP contribution is 2.16. The fourth-order valence-electron chi connectivity index (χ4n) is 1.44. The third-order valence-electron chi connectivity index (χ3n) is 2.46. The molecule has 2 N–H and O–H groups in total. The van der Waals surface area contributed by atoms with Gasteiger partial charge in [-0.05, 0) is 18.1 Å². The Kier molecular flexibility index (Phi) is 4.99. The van der Waals surface area contributed by atoms with E-state index in [0.717, 1.165) is 12.5 Å². The molecule has 1 atom stereocenters. The average molecular weight is 242 g/mol. The fraction of sp³-hybridized carbons (Fsp3) is 0.455. The van der Waals surface area contributed by atoms with E-state index in [2.05, 4.69) is 5.32 Å². The molecule has 0 aliphatic rings. The monoisotopic (exact) mass is 242 g/mol. The maximum atomic E-state index is 13.1. The minimum absolute atomic E-state index is 0.0199. The van der Waals surface area contributed by atoms with Gasteiger partial charge in [-0.1, -0.05) is 6.92 Å². The van der Waals surface area contributed by atoms with Gasteiger partial charge in [0.15, 0.2) is 0 Å². The Morgan fingerprint density at radius 3 is 2.76 bits per heavy atom. The van der Waals surface area contributed by atoms with E-state index in [1.807, 2.05) is 6.92 Å². The lowest BCUT2D eigenvalue weighted by Gasteiger charge is -2.13. The number of aliphatic hydroxyl groups excluding tert-OH is 1. The second kappa shape index (κ2) is 6.27. The summed E-state index contributed by atoms with van der Waals surface area (Å²) in [5.41, 5.74) is 0.224. The Balaban J connectivity index is 2.74. The highest BCUT2D eigenvalue weighted by molar-refractivity contribution is 5.35. The van der Waals surface area contributed by atoms with Crippen LogP contribution in [0.5, 0.6) is 0 Å². The molecule has 6 heteroatoms. The Morgan fingerprint density at radius 2 is 2.24 bits per heavy atom. The molecule has 1 unspecified atom stereocenters. The van der Waals surface area contributed by atoms with Crippen LogP contribution < -0.4 is 5.32 Å². The van der Waals surface area contributed by atoms with Crippen LogP contribution in [0.25, 0.3) is 0 Å². The summed E-state index contributed by atoms with van der Waals surface area (Å²) in [6.07, 6.45) is 0.730. The first-order valence-corrected chi connectivity index (χ1v) is 5.35. The lowest BCUT2D eigenvalue weighted by Crippen LogP contribution is -2.31. The van der Waals surface area contributed by atoms with Crippen molar-refractivity contribution in [2.45, 2.75) is 25.9 Å². The maximum absolute atomic E-state index is 13.1. The second-order valence-corrected chi connectivity index (χ2v) is 3.74. The van der Waals surface area contributed by atoms with E-state index in [0.29, 0.717) is 5.56 Å². The first-order valence-electron chi connectivity index (χ1n) is 5.35. The van der Waals surface area contributed by atoms with Crippen LogP contribution in [0.15, 0.2) is 18.2 Å². The first kappa shape index (κ1) is 13.5. The summed E-state index contributed by atoms with van der Waals surface area (Å²) in [5, 5.41) is 22.5.